The van der Waals surface area contributed by atoms with Gasteiger partial charge in [-0.1, -0.05) is 0 Å². The molecule has 1 amide bonds. The zero-order valence-electron chi connectivity index (χ0n) is 8.03. The Morgan fingerprint density at radius 3 is 2.93 bits per heavy atom. The number of nitrogens with one attached hydrogen (secondary N) is 1. The predicted octanol–water partition coefficient (Wildman–Crippen LogP) is 0.926. The molecule has 1 aromatic carbocycles. The van der Waals surface area contributed by atoms with E-state index in [1.54, 1.807) is 0 Å². The molecule has 0 saturated heterocycles. The van der Waals surface area contributed by atoms with Gasteiger partial charge in [0.25, 0.3) is 5.91 Å². The number of anilines is 1. The van der Waals surface area contributed by atoms with E-state index in [0.29, 0.717) is 11.4 Å². The second kappa shape index (κ2) is 3.27. The molecule has 15 heavy (non-hydrogen) atoms. The second-order valence-electron chi connectivity index (χ2n) is 3.26. The monoisotopic (exact) mass is 207 g/mol. The molecule has 0 atom stereocenters. The number of phenolic OH excluding ortho intramolecular Hbond substituents is 1. The molecule has 1 aliphatic heterocycles. The maximum Gasteiger partial charge on any atom is 0.262 e. The van der Waals surface area contributed by atoms with Crippen LogP contribution < -0.4 is 10.1 Å². The molecule has 5 heteroatoms. The molecular weight excluding hydrogens is 198 g/mol. The Balaban J connectivity index is 2.58. The summed E-state index contributed by atoms with van der Waals surface area (Å²) in [5.74, 6) is -0.287. The third-order valence-electron chi connectivity index (χ3n) is 2.07. The number of ether oxygens (including phenoxy) is 1. The largest absolute Gasteiger partial charge is 0.508 e. The van der Waals surface area contributed by atoms with Gasteiger partial charge in [-0.15, -0.1) is 0 Å². The molecule has 1 heterocycles. The average molecular weight is 207 g/mol. The topological polar surface area (TPSA) is 75.6 Å². The minimum Gasteiger partial charge on any atom is -0.508 e. The van der Waals surface area contributed by atoms with Crippen LogP contribution in [-0.2, 0) is 4.79 Å². The molecular formula is C10H9NO4. The van der Waals surface area contributed by atoms with Crippen LogP contribution in [0.1, 0.15) is 17.3 Å². The zero-order chi connectivity index (χ0) is 11.0. The predicted molar refractivity (Wildman–Crippen MR) is 52.2 cm³/mol. The second-order valence-corrected chi connectivity index (χ2v) is 3.26. The maximum atomic E-state index is 11.2. The summed E-state index contributed by atoms with van der Waals surface area (Å²) < 4.78 is 5.14. The van der Waals surface area contributed by atoms with Crippen molar-refractivity contribution in [2.75, 3.05) is 11.9 Å². The smallest absolute Gasteiger partial charge is 0.262 e. The highest BCUT2D eigenvalue weighted by Crippen LogP contribution is 2.35. The quantitative estimate of drug-likeness (QED) is 0.671. The van der Waals surface area contributed by atoms with Crippen LogP contribution in [0.5, 0.6) is 11.5 Å². The summed E-state index contributed by atoms with van der Waals surface area (Å²) in [5, 5.41) is 11.9. The highest BCUT2D eigenvalue weighted by Gasteiger charge is 2.22. The molecule has 0 spiro atoms. The SMILES string of the molecule is CC(=O)c1cc(O)cc2c1OCC(=O)N2. The fourth-order valence-corrected chi connectivity index (χ4v) is 1.45. The molecule has 0 fully saturated rings. The van der Waals surface area contributed by atoms with Crippen molar-refractivity contribution in [3.05, 3.63) is 17.7 Å². The lowest BCUT2D eigenvalue weighted by molar-refractivity contribution is -0.118. The molecule has 0 aliphatic carbocycles. The first-order valence-electron chi connectivity index (χ1n) is 4.38. The van der Waals surface area contributed by atoms with Crippen molar-refractivity contribution >= 4 is 17.4 Å². The third kappa shape index (κ3) is 1.63. The van der Waals surface area contributed by atoms with E-state index in [2.05, 4.69) is 5.32 Å². The van der Waals surface area contributed by atoms with Crippen LogP contribution in [0, 0.1) is 0 Å². The van der Waals surface area contributed by atoms with E-state index in [1.807, 2.05) is 0 Å². The molecule has 1 aliphatic rings. The summed E-state index contributed by atoms with van der Waals surface area (Å²) in [6, 6.07) is 2.66. The van der Waals surface area contributed by atoms with Gasteiger partial charge >= 0.3 is 0 Å². The number of phenols is 1. The van der Waals surface area contributed by atoms with Crippen LogP contribution in [0.3, 0.4) is 0 Å². The number of rotatable bonds is 1. The van der Waals surface area contributed by atoms with Gasteiger partial charge in [-0.3, -0.25) is 9.59 Å². The van der Waals surface area contributed by atoms with Crippen LogP contribution in [0.15, 0.2) is 12.1 Å². The van der Waals surface area contributed by atoms with Crippen LogP contribution in [0.2, 0.25) is 0 Å². The Bertz CT molecular complexity index is 453. The highest BCUT2D eigenvalue weighted by molar-refractivity contribution is 6.03. The Morgan fingerprint density at radius 1 is 1.53 bits per heavy atom. The van der Waals surface area contributed by atoms with Gasteiger partial charge in [0.1, 0.15) is 5.75 Å². The first-order chi connectivity index (χ1) is 7.08. The van der Waals surface area contributed by atoms with Crippen molar-refractivity contribution in [2.24, 2.45) is 0 Å². The number of benzene rings is 1. The summed E-state index contributed by atoms with van der Waals surface area (Å²) in [6.07, 6.45) is 0. The standard InChI is InChI=1S/C10H9NO4/c1-5(12)7-2-6(13)3-8-10(7)15-4-9(14)11-8/h2-3,13H,4H2,1H3,(H,11,14). The van der Waals surface area contributed by atoms with Gasteiger partial charge in [0, 0.05) is 6.07 Å². The fraction of sp³-hybridized carbons (Fsp3) is 0.200. The first kappa shape index (κ1) is 9.51. The number of hydrogen-bond acceptors (Lipinski definition) is 4. The number of carbonyl (C=O) groups excluding carboxylic acids is 2. The van der Waals surface area contributed by atoms with Gasteiger partial charge in [0.05, 0.1) is 11.3 Å². The molecule has 5 nitrogen and oxygen atoms in total. The molecule has 0 radical (unpaired) electrons. The molecule has 0 saturated carbocycles. The highest BCUT2D eigenvalue weighted by atomic mass is 16.5. The Labute approximate surface area is 85.7 Å². The van der Waals surface area contributed by atoms with Crippen molar-refractivity contribution in [1.29, 1.82) is 0 Å². The third-order valence-corrected chi connectivity index (χ3v) is 2.07. The lowest BCUT2D eigenvalue weighted by atomic mass is 10.1. The Morgan fingerprint density at radius 2 is 2.27 bits per heavy atom. The first-order valence-corrected chi connectivity index (χ1v) is 4.38. The van der Waals surface area contributed by atoms with E-state index < -0.39 is 0 Å². The summed E-state index contributed by atoms with van der Waals surface area (Å²) in [6.45, 7) is 1.26. The summed E-state index contributed by atoms with van der Waals surface area (Å²) in [5.41, 5.74) is 0.599. The molecule has 0 unspecified atom stereocenters. The number of ketones is 1. The van der Waals surface area contributed by atoms with Gasteiger partial charge in [-0.25, -0.2) is 0 Å². The number of hydrogen-bond donors (Lipinski definition) is 2. The maximum absolute atomic E-state index is 11.2. The normalized spacial score (nSPS) is 13.8. The number of aromatic hydroxyl groups is 1. The van der Waals surface area contributed by atoms with E-state index in [9.17, 15) is 14.7 Å². The van der Waals surface area contributed by atoms with E-state index in [-0.39, 0.29) is 29.6 Å². The summed E-state index contributed by atoms with van der Waals surface area (Å²) in [4.78, 5) is 22.3. The fourth-order valence-electron chi connectivity index (χ4n) is 1.45. The van der Waals surface area contributed by atoms with E-state index in [1.165, 1.54) is 19.1 Å². The van der Waals surface area contributed by atoms with Gasteiger partial charge in [-0.05, 0) is 13.0 Å². The number of fused-ring (bicyclic) bond motifs is 1. The minimum absolute atomic E-state index is 0.0789. The van der Waals surface area contributed by atoms with Crippen molar-refractivity contribution in [3.63, 3.8) is 0 Å². The summed E-state index contributed by atoms with van der Waals surface area (Å²) in [7, 11) is 0. The van der Waals surface area contributed by atoms with Gasteiger partial charge in [0.2, 0.25) is 0 Å². The van der Waals surface area contributed by atoms with Crippen LogP contribution >= 0.6 is 0 Å². The van der Waals surface area contributed by atoms with E-state index in [0.717, 1.165) is 0 Å². The van der Waals surface area contributed by atoms with Crippen molar-refractivity contribution in [3.8, 4) is 11.5 Å². The van der Waals surface area contributed by atoms with Crippen LogP contribution in [0.25, 0.3) is 0 Å². The van der Waals surface area contributed by atoms with Crippen LogP contribution in [0.4, 0.5) is 5.69 Å². The lowest BCUT2D eigenvalue weighted by Gasteiger charge is -2.20. The molecule has 78 valence electrons. The van der Waals surface area contributed by atoms with Gasteiger partial charge in [-0.2, -0.15) is 0 Å². The van der Waals surface area contributed by atoms with Crippen molar-refractivity contribution < 1.29 is 19.4 Å². The Hall–Kier alpha value is -2.04. The van der Waals surface area contributed by atoms with Gasteiger partial charge in [0.15, 0.2) is 18.1 Å². The van der Waals surface area contributed by atoms with Crippen LogP contribution in [-0.4, -0.2) is 23.4 Å². The number of carbonyl (C=O) groups is 2. The molecule has 1 aromatic rings. The molecule has 2 rings (SSSR count). The summed E-state index contributed by atoms with van der Waals surface area (Å²) >= 11 is 0. The zero-order valence-corrected chi connectivity index (χ0v) is 8.03. The minimum atomic E-state index is -0.303. The Kier molecular flexibility index (Phi) is 2.07. The van der Waals surface area contributed by atoms with Crippen molar-refractivity contribution in [2.45, 2.75) is 6.92 Å². The van der Waals surface area contributed by atoms with E-state index in [4.69, 9.17) is 4.74 Å². The molecule has 2 N–H and O–H groups in total. The lowest BCUT2D eigenvalue weighted by Crippen LogP contribution is -2.26. The molecule has 0 bridgehead atoms. The van der Waals surface area contributed by atoms with Gasteiger partial charge < -0.3 is 15.2 Å². The number of amides is 1. The molecule has 0 aromatic heterocycles. The average Bonchev–Trinajstić information content (AvgIpc) is 2.15. The van der Waals surface area contributed by atoms with Crippen molar-refractivity contribution in [1.82, 2.24) is 0 Å². The van der Waals surface area contributed by atoms with E-state index >= 15 is 0 Å². The number of Topliss-reactive ketones (excluding diaryl/α,β-unsaturated/α-hetero) is 1.